The standard InChI is InChI=1S/C16H24N2O2/c1-11-7-9-12(10-8-11)18(2)14-6-4-5-13(15(14)17)16(19)20-3/h4-6,11-12H,7-10,17H2,1-3H3. The zero-order valence-electron chi connectivity index (χ0n) is 12.6. The second kappa shape index (κ2) is 6.16. The van der Waals surface area contributed by atoms with Crippen LogP contribution in [0.15, 0.2) is 18.2 Å². The minimum Gasteiger partial charge on any atom is -0.465 e. The average Bonchev–Trinajstić information content (AvgIpc) is 2.47. The molecule has 2 N–H and O–H groups in total. The molecular formula is C16H24N2O2. The van der Waals surface area contributed by atoms with E-state index in [1.165, 1.54) is 32.8 Å². The Bertz CT molecular complexity index is 479. The second-order valence-electron chi connectivity index (χ2n) is 5.75. The fourth-order valence-corrected chi connectivity index (χ4v) is 2.98. The topological polar surface area (TPSA) is 55.6 Å². The van der Waals surface area contributed by atoms with E-state index >= 15 is 0 Å². The summed E-state index contributed by atoms with van der Waals surface area (Å²) in [5.74, 6) is 0.438. The highest BCUT2D eigenvalue weighted by Crippen LogP contribution is 2.33. The monoisotopic (exact) mass is 276 g/mol. The van der Waals surface area contributed by atoms with Crippen LogP contribution < -0.4 is 10.6 Å². The molecule has 1 saturated carbocycles. The molecule has 2 rings (SSSR count). The number of nitrogens with two attached hydrogens (primary N) is 1. The number of nitrogen functional groups attached to an aromatic ring is 1. The molecule has 20 heavy (non-hydrogen) atoms. The van der Waals surface area contributed by atoms with E-state index in [1.54, 1.807) is 6.07 Å². The Labute approximate surface area is 120 Å². The summed E-state index contributed by atoms with van der Waals surface area (Å²) in [6.07, 6.45) is 4.87. The highest BCUT2D eigenvalue weighted by atomic mass is 16.5. The van der Waals surface area contributed by atoms with E-state index in [9.17, 15) is 4.79 Å². The van der Waals surface area contributed by atoms with Crippen LogP contribution in [0.5, 0.6) is 0 Å². The number of methoxy groups -OCH3 is 1. The molecule has 0 radical (unpaired) electrons. The van der Waals surface area contributed by atoms with E-state index in [4.69, 9.17) is 10.5 Å². The molecule has 0 heterocycles. The van der Waals surface area contributed by atoms with Crippen molar-refractivity contribution >= 4 is 17.3 Å². The van der Waals surface area contributed by atoms with Gasteiger partial charge in [-0.05, 0) is 43.7 Å². The first-order chi connectivity index (χ1) is 9.54. The molecule has 0 bridgehead atoms. The molecule has 4 nitrogen and oxygen atoms in total. The minimum absolute atomic E-state index is 0.380. The van der Waals surface area contributed by atoms with Crippen molar-refractivity contribution in [1.29, 1.82) is 0 Å². The molecule has 0 amide bonds. The zero-order valence-corrected chi connectivity index (χ0v) is 12.6. The van der Waals surface area contributed by atoms with Crippen molar-refractivity contribution in [2.24, 2.45) is 5.92 Å². The average molecular weight is 276 g/mol. The van der Waals surface area contributed by atoms with Gasteiger partial charge in [-0.1, -0.05) is 13.0 Å². The van der Waals surface area contributed by atoms with E-state index in [-0.39, 0.29) is 5.97 Å². The number of anilines is 2. The molecule has 110 valence electrons. The van der Waals surface area contributed by atoms with E-state index in [2.05, 4.69) is 18.9 Å². The van der Waals surface area contributed by atoms with Crippen LogP contribution in [-0.2, 0) is 4.74 Å². The molecule has 1 aromatic rings. The van der Waals surface area contributed by atoms with Gasteiger partial charge in [-0.2, -0.15) is 0 Å². The maximum absolute atomic E-state index is 11.7. The Hall–Kier alpha value is -1.71. The number of ether oxygens (including phenoxy) is 1. The van der Waals surface area contributed by atoms with Gasteiger partial charge in [0.15, 0.2) is 0 Å². The highest BCUT2D eigenvalue weighted by Gasteiger charge is 2.24. The highest BCUT2D eigenvalue weighted by molar-refractivity contribution is 5.98. The third kappa shape index (κ3) is 2.89. The third-order valence-electron chi connectivity index (χ3n) is 4.40. The Balaban J connectivity index is 2.22. The lowest BCUT2D eigenvalue weighted by molar-refractivity contribution is 0.0602. The summed E-state index contributed by atoms with van der Waals surface area (Å²) in [6.45, 7) is 2.31. The van der Waals surface area contributed by atoms with Crippen LogP contribution in [-0.4, -0.2) is 26.2 Å². The molecule has 1 fully saturated rings. The maximum atomic E-state index is 11.7. The Morgan fingerprint density at radius 1 is 1.30 bits per heavy atom. The Kier molecular flexibility index (Phi) is 4.53. The van der Waals surface area contributed by atoms with Crippen LogP contribution in [0.1, 0.15) is 43.0 Å². The number of esters is 1. The number of hydrogen-bond donors (Lipinski definition) is 1. The van der Waals surface area contributed by atoms with Gasteiger partial charge in [0.05, 0.1) is 24.0 Å². The lowest BCUT2D eigenvalue weighted by Crippen LogP contribution is -2.35. The number of nitrogens with zero attached hydrogens (tertiary/aromatic N) is 1. The summed E-state index contributed by atoms with van der Waals surface area (Å²) in [5, 5.41) is 0. The number of hydrogen-bond acceptors (Lipinski definition) is 4. The molecule has 0 aliphatic heterocycles. The van der Waals surface area contributed by atoms with E-state index in [0.29, 0.717) is 17.3 Å². The molecule has 0 atom stereocenters. The number of carbonyl (C=O) groups is 1. The van der Waals surface area contributed by atoms with Crippen LogP contribution in [0.25, 0.3) is 0 Å². The van der Waals surface area contributed by atoms with Gasteiger partial charge in [0, 0.05) is 13.1 Å². The Morgan fingerprint density at radius 2 is 1.95 bits per heavy atom. The summed E-state index contributed by atoms with van der Waals surface area (Å²) in [5.41, 5.74) is 8.04. The van der Waals surface area contributed by atoms with Gasteiger partial charge >= 0.3 is 5.97 Å². The van der Waals surface area contributed by atoms with Crippen LogP contribution >= 0.6 is 0 Å². The largest absolute Gasteiger partial charge is 0.465 e. The number of rotatable bonds is 3. The van der Waals surface area contributed by atoms with Gasteiger partial charge in [-0.15, -0.1) is 0 Å². The summed E-state index contributed by atoms with van der Waals surface area (Å²) in [6, 6.07) is 6.04. The summed E-state index contributed by atoms with van der Waals surface area (Å²) < 4.78 is 4.77. The lowest BCUT2D eigenvalue weighted by atomic mass is 9.86. The number of benzene rings is 1. The van der Waals surface area contributed by atoms with Crippen molar-refractivity contribution in [1.82, 2.24) is 0 Å². The summed E-state index contributed by atoms with van der Waals surface area (Å²) >= 11 is 0. The zero-order chi connectivity index (χ0) is 14.7. The van der Waals surface area contributed by atoms with Gasteiger partial charge in [0.25, 0.3) is 0 Å². The van der Waals surface area contributed by atoms with E-state index < -0.39 is 0 Å². The fourth-order valence-electron chi connectivity index (χ4n) is 2.98. The van der Waals surface area contributed by atoms with Crippen LogP contribution in [0, 0.1) is 5.92 Å². The number of para-hydroxylation sites is 1. The summed E-state index contributed by atoms with van der Waals surface area (Å²) in [7, 11) is 3.44. The minimum atomic E-state index is -0.380. The van der Waals surface area contributed by atoms with Crippen LogP contribution in [0.2, 0.25) is 0 Å². The second-order valence-corrected chi connectivity index (χ2v) is 5.75. The SMILES string of the molecule is COC(=O)c1cccc(N(C)C2CCC(C)CC2)c1N. The van der Waals surface area contributed by atoms with Crippen molar-refractivity contribution < 1.29 is 9.53 Å². The molecule has 0 aromatic heterocycles. The van der Waals surface area contributed by atoms with Gasteiger partial charge in [-0.3, -0.25) is 0 Å². The predicted octanol–water partition coefficient (Wildman–Crippen LogP) is 3.07. The summed E-state index contributed by atoms with van der Waals surface area (Å²) in [4.78, 5) is 13.9. The van der Waals surface area contributed by atoms with Crippen LogP contribution in [0.4, 0.5) is 11.4 Å². The van der Waals surface area contributed by atoms with Gasteiger partial charge < -0.3 is 15.4 Å². The van der Waals surface area contributed by atoms with Crippen LogP contribution in [0.3, 0.4) is 0 Å². The maximum Gasteiger partial charge on any atom is 0.340 e. The molecule has 1 aliphatic carbocycles. The molecular weight excluding hydrogens is 252 g/mol. The van der Waals surface area contributed by atoms with Gasteiger partial charge in [0.1, 0.15) is 0 Å². The first-order valence-corrected chi connectivity index (χ1v) is 7.24. The van der Waals surface area contributed by atoms with Gasteiger partial charge in [0.2, 0.25) is 0 Å². The molecule has 1 aliphatic rings. The van der Waals surface area contributed by atoms with E-state index in [1.807, 2.05) is 12.1 Å². The molecule has 4 heteroatoms. The first kappa shape index (κ1) is 14.7. The van der Waals surface area contributed by atoms with Crippen molar-refractivity contribution in [2.75, 3.05) is 24.8 Å². The van der Waals surface area contributed by atoms with Crippen molar-refractivity contribution in [2.45, 2.75) is 38.6 Å². The van der Waals surface area contributed by atoms with Gasteiger partial charge in [-0.25, -0.2) is 4.79 Å². The first-order valence-electron chi connectivity index (χ1n) is 7.24. The molecule has 0 spiro atoms. The Morgan fingerprint density at radius 3 is 2.55 bits per heavy atom. The lowest BCUT2D eigenvalue weighted by Gasteiger charge is -2.35. The normalized spacial score (nSPS) is 22.4. The molecule has 0 unspecified atom stereocenters. The smallest absolute Gasteiger partial charge is 0.340 e. The third-order valence-corrected chi connectivity index (χ3v) is 4.40. The number of carbonyl (C=O) groups excluding carboxylic acids is 1. The molecule has 0 saturated heterocycles. The quantitative estimate of drug-likeness (QED) is 0.681. The fraction of sp³-hybridized carbons (Fsp3) is 0.562. The van der Waals surface area contributed by atoms with Crippen molar-refractivity contribution in [3.63, 3.8) is 0 Å². The predicted molar refractivity (Wildman–Crippen MR) is 82.0 cm³/mol. The van der Waals surface area contributed by atoms with Crippen molar-refractivity contribution in [3.05, 3.63) is 23.8 Å². The molecule has 1 aromatic carbocycles. The van der Waals surface area contributed by atoms with E-state index in [0.717, 1.165) is 11.6 Å². The van der Waals surface area contributed by atoms with Crippen molar-refractivity contribution in [3.8, 4) is 0 Å².